The largest absolute Gasteiger partial charge is 0.420 e. The van der Waals surface area contributed by atoms with E-state index in [0.717, 1.165) is 41.2 Å². The second-order valence-electron chi connectivity index (χ2n) is 7.69. The summed E-state index contributed by atoms with van der Waals surface area (Å²) in [6.07, 6.45) is 4.03. The van der Waals surface area contributed by atoms with Crippen molar-refractivity contribution in [2.45, 2.75) is 25.7 Å². The van der Waals surface area contributed by atoms with E-state index in [0.29, 0.717) is 38.0 Å². The third-order valence-electron chi connectivity index (χ3n) is 5.63. The molecular weight excluding hydrogens is 366 g/mol. The Morgan fingerprint density at radius 2 is 1.83 bits per heavy atom. The van der Waals surface area contributed by atoms with Gasteiger partial charge in [-0.1, -0.05) is 18.2 Å². The molecule has 5 rings (SSSR count). The minimum Gasteiger partial charge on any atom is -0.420 e. The number of aryl methyl sites for hydroxylation is 1. The zero-order valence-electron chi connectivity index (χ0n) is 16.4. The molecule has 3 aromatic rings. The molecule has 2 aromatic heterocycles. The third-order valence-corrected chi connectivity index (χ3v) is 5.63. The first-order chi connectivity index (χ1) is 14.2. The topological polar surface area (TPSA) is 75.4 Å². The Morgan fingerprint density at radius 3 is 2.59 bits per heavy atom. The number of hydrogen-bond donors (Lipinski definition) is 0. The van der Waals surface area contributed by atoms with Gasteiger partial charge in [-0.05, 0) is 43.5 Å². The highest BCUT2D eigenvalue weighted by atomic mass is 16.4. The fourth-order valence-electron chi connectivity index (χ4n) is 3.76. The molecule has 148 valence electrons. The van der Waals surface area contributed by atoms with Gasteiger partial charge in [-0.25, -0.2) is 4.98 Å². The van der Waals surface area contributed by atoms with Crippen molar-refractivity contribution < 1.29 is 9.21 Å². The number of benzene rings is 1. The predicted molar refractivity (Wildman–Crippen MR) is 109 cm³/mol. The van der Waals surface area contributed by atoms with E-state index in [4.69, 9.17) is 4.42 Å². The van der Waals surface area contributed by atoms with Gasteiger partial charge in [0.15, 0.2) is 0 Å². The molecule has 29 heavy (non-hydrogen) atoms. The summed E-state index contributed by atoms with van der Waals surface area (Å²) in [4.78, 5) is 21.6. The van der Waals surface area contributed by atoms with Crippen LogP contribution in [0.25, 0.3) is 11.5 Å². The van der Waals surface area contributed by atoms with Gasteiger partial charge in [-0.3, -0.25) is 4.79 Å². The van der Waals surface area contributed by atoms with Crippen molar-refractivity contribution in [2.75, 3.05) is 31.1 Å². The molecule has 1 amide bonds. The highest BCUT2D eigenvalue weighted by molar-refractivity contribution is 5.95. The van der Waals surface area contributed by atoms with Crippen LogP contribution in [0.3, 0.4) is 0 Å². The molecule has 0 spiro atoms. The number of nitrogens with zero attached hydrogens (tertiary/aromatic N) is 5. The van der Waals surface area contributed by atoms with Gasteiger partial charge in [0.25, 0.3) is 11.8 Å². The maximum absolute atomic E-state index is 12.9. The molecule has 7 nitrogen and oxygen atoms in total. The van der Waals surface area contributed by atoms with Crippen LogP contribution in [-0.4, -0.2) is 52.2 Å². The Bertz CT molecular complexity index is 1030. The lowest BCUT2D eigenvalue weighted by atomic mass is 10.1. The molecular formula is C22H23N5O2. The van der Waals surface area contributed by atoms with Gasteiger partial charge >= 0.3 is 0 Å². The molecule has 0 atom stereocenters. The number of rotatable bonds is 4. The van der Waals surface area contributed by atoms with Gasteiger partial charge in [-0.2, -0.15) is 0 Å². The summed E-state index contributed by atoms with van der Waals surface area (Å²) in [5.41, 5.74) is 2.64. The van der Waals surface area contributed by atoms with Crippen LogP contribution < -0.4 is 4.90 Å². The first kappa shape index (κ1) is 17.8. The summed E-state index contributed by atoms with van der Waals surface area (Å²) >= 11 is 0. The summed E-state index contributed by atoms with van der Waals surface area (Å²) in [6, 6.07) is 11.6. The Kier molecular flexibility index (Phi) is 4.50. The van der Waals surface area contributed by atoms with E-state index < -0.39 is 0 Å². The fraction of sp³-hybridized carbons (Fsp3) is 0.364. The molecule has 1 saturated heterocycles. The maximum Gasteiger partial charge on any atom is 0.254 e. The molecule has 1 aromatic carbocycles. The van der Waals surface area contributed by atoms with Gasteiger partial charge in [0.1, 0.15) is 5.82 Å². The zero-order valence-corrected chi connectivity index (χ0v) is 16.4. The van der Waals surface area contributed by atoms with Crippen LogP contribution in [0.2, 0.25) is 0 Å². The number of carbonyl (C=O) groups is 1. The Balaban J connectivity index is 1.32. The molecule has 0 bridgehead atoms. The normalized spacial score (nSPS) is 16.9. The molecule has 3 heterocycles. The number of anilines is 1. The molecule has 2 fully saturated rings. The summed E-state index contributed by atoms with van der Waals surface area (Å²) in [7, 11) is 0. The van der Waals surface area contributed by atoms with Gasteiger partial charge in [0.05, 0.1) is 5.56 Å². The van der Waals surface area contributed by atoms with E-state index in [-0.39, 0.29) is 5.91 Å². The highest BCUT2D eigenvalue weighted by Gasteiger charge is 2.31. The van der Waals surface area contributed by atoms with Crippen LogP contribution in [0.5, 0.6) is 0 Å². The van der Waals surface area contributed by atoms with Crippen molar-refractivity contribution in [2.24, 2.45) is 0 Å². The number of pyridine rings is 1. The third kappa shape index (κ3) is 3.48. The molecule has 2 aliphatic rings. The van der Waals surface area contributed by atoms with E-state index in [2.05, 4.69) is 20.1 Å². The van der Waals surface area contributed by atoms with Gasteiger partial charge < -0.3 is 14.2 Å². The van der Waals surface area contributed by atoms with Crippen molar-refractivity contribution >= 4 is 11.7 Å². The first-order valence-corrected chi connectivity index (χ1v) is 10.1. The maximum atomic E-state index is 12.9. The molecule has 1 aliphatic carbocycles. The van der Waals surface area contributed by atoms with Crippen LogP contribution in [0.4, 0.5) is 5.82 Å². The highest BCUT2D eigenvalue weighted by Crippen LogP contribution is 2.40. The minimum absolute atomic E-state index is 0.0926. The van der Waals surface area contributed by atoms with Crippen LogP contribution in [0, 0.1) is 6.92 Å². The lowest BCUT2D eigenvalue weighted by Crippen LogP contribution is -2.49. The van der Waals surface area contributed by atoms with Crippen LogP contribution in [0.15, 0.2) is 47.0 Å². The van der Waals surface area contributed by atoms with Gasteiger partial charge in [0, 0.05) is 43.9 Å². The van der Waals surface area contributed by atoms with Gasteiger partial charge in [-0.15, -0.1) is 10.2 Å². The number of aromatic nitrogens is 3. The second kappa shape index (κ2) is 7.31. The van der Waals surface area contributed by atoms with Gasteiger partial charge in [0.2, 0.25) is 5.89 Å². The zero-order chi connectivity index (χ0) is 19.8. The second-order valence-corrected chi connectivity index (χ2v) is 7.69. The SMILES string of the molecule is Cc1ccccc1C(=O)N1CCN(c2ncccc2-c2nnc(C3CC3)o2)CC1. The van der Waals surface area contributed by atoms with Crippen LogP contribution >= 0.6 is 0 Å². The van der Waals surface area contributed by atoms with Crippen molar-refractivity contribution in [1.29, 1.82) is 0 Å². The van der Waals surface area contributed by atoms with Crippen LogP contribution in [0.1, 0.15) is 40.6 Å². The van der Waals surface area contributed by atoms with Crippen molar-refractivity contribution in [3.63, 3.8) is 0 Å². The fourth-order valence-corrected chi connectivity index (χ4v) is 3.76. The molecule has 0 radical (unpaired) electrons. The first-order valence-electron chi connectivity index (χ1n) is 10.1. The molecule has 1 saturated carbocycles. The molecule has 1 aliphatic heterocycles. The van der Waals surface area contributed by atoms with E-state index in [9.17, 15) is 4.79 Å². The Hall–Kier alpha value is -3.22. The molecule has 7 heteroatoms. The number of carbonyl (C=O) groups excluding carboxylic acids is 1. The van der Waals surface area contributed by atoms with Crippen molar-refractivity contribution in [3.05, 3.63) is 59.6 Å². The smallest absolute Gasteiger partial charge is 0.254 e. The monoisotopic (exact) mass is 389 g/mol. The molecule has 0 N–H and O–H groups in total. The summed E-state index contributed by atoms with van der Waals surface area (Å²) in [5, 5.41) is 8.45. The average Bonchev–Trinajstić information content (AvgIpc) is 3.50. The average molecular weight is 389 g/mol. The number of hydrogen-bond acceptors (Lipinski definition) is 6. The quantitative estimate of drug-likeness (QED) is 0.682. The van der Waals surface area contributed by atoms with E-state index in [1.807, 2.05) is 48.2 Å². The van der Waals surface area contributed by atoms with E-state index >= 15 is 0 Å². The Labute approximate surface area is 169 Å². The predicted octanol–water partition coefficient (Wildman–Crippen LogP) is 3.28. The standard InChI is InChI=1S/C22H23N5O2/c1-15-5-2-3-6-17(15)22(28)27-13-11-26(12-14-27)19-18(7-4-10-23-19)21-25-24-20(29-21)16-8-9-16/h2-7,10,16H,8-9,11-14H2,1H3. The van der Waals surface area contributed by atoms with E-state index in [1.165, 1.54) is 0 Å². The summed E-state index contributed by atoms with van der Waals surface area (Å²) in [5.74, 6) is 2.60. The number of piperazine rings is 1. The van der Waals surface area contributed by atoms with Crippen molar-refractivity contribution in [1.82, 2.24) is 20.1 Å². The number of amides is 1. The minimum atomic E-state index is 0.0926. The lowest BCUT2D eigenvalue weighted by Gasteiger charge is -2.36. The molecule has 0 unspecified atom stereocenters. The van der Waals surface area contributed by atoms with Crippen LogP contribution in [-0.2, 0) is 0 Å². The van der Waals surface area contributed by atoms with E-state index in [1.54, 1.807) is 6.20 Å². The summed E-state index contributed by atoms with van der Waals surface area (Å²) in [6.45, 7) is 4.71. The Morgan fingerprint density at radius 1 is 1.03 bits per heavy atom. The lowest BCUT2D eigenvalue weighted by molar-refractivity contribution is 0.0746. The summed E-state index contributed by atoms with van der Waals surface area (Å²) < 4.78 is 5.90. The van der Waals surface area contributed by atoms with Crippen molar-refractivity contribution in [3.8, 4) is 11.5 Å².